The molecule has 0 bridgehead atoms. The van der Waals surface area contributed by atoms with Crippen molar-refractivity contribution >= 4 is 23.2 Å². The van der Waals surface area contributed by atoms with E-state index in [1.54, 1.807) is 12.4 Å². The number of hydrogen-bond donors (Lipinski definition) is 1. The van der Waals surface area contributed by atoms with E-state index in [9.17, 15) is 13.2 Å². The quantitative estimate of drug-likeness (QED) is 0.864. The van der Waals surface area contributed by atoms with E-state index in [-0.39, 0.29) is 10.7 Å². The molecule has 2 rings (SSSR count). The van der Waals surface area contributed by atoms with Crippen LogP contribution in [0.1, 0.15) is 19.4 Å². The molecule has 0 saturated carbocycles. The average Bonchev–Trinajstić information content (AvgIpc) is 2.74. The summed E-state index contributed by atoms with van der Waals surface area (Å²) in [5.74, 6) is 0.879. The second kappa shape index (κ2) is 5.97. The summed E-state index contributed by atoms with van der Waals surface area (Å²) < 4.78 is 40.2. The highest BCUT2D eigenvalue weighted by atomic mass is 35.5. The predicted molar refractivity (Wildman–Crippen MR) is 76.8 cm³/mol. The number of nitrogens with zero attached hydrogens (tertiary/aromatic N) is 2. The monoisotopic (exact) mass is 317 g/mol. The second-order valence-electron chi connectivity index (χ2n) is 5.15. The Bertz CT molecular complexity index is 620. The number of imidazole rings is 1. The molecule has 0 aliphatic heterocycles. The summed E-state index contributed by atoms with van der Waals surface area (Å²) >= 11 is 5.75. The summed E-state index contributed by atoms with van der Waals surface area (Å²) in [7, 11) is 0. The maximum absolute atomic E-state index is 12.8. The van der Waals surface area contributed by atoms with Gasteiger partial charge in [0.15, 0.2) is 0 Å². The van der Waals surface area contributed by atoms with Crippen LogP contribution in [0.15, 0.2) is 30.6 Å². The van der Waals surface area contributed by atoms with E-state index in [4.69, 9.17) is 11.6 Å². The molecule has 0 aliphatic carbocycles. The lowest BCUT2D eigenvalue weighted by molar-refractivity contribution is -0.137. The van der Waals surface area contributed by atoms with E-state index < -0.39 is 11.7 Å². The van der Waals surface area contributed by atoms with Crippen LogP contribution in [0.25, 0.3) is 0 Å². The van der Waals surface area contributed by atoms with Gasteiger partial charge in [-0.05, 0) is 24.1 Å². The van der Waals surface area contributed by atoms with Gasteiger partial charge in [-0.1, -0.05) is 25.4 Å². The molecular formula is C14H15ClF3N3. The maximum atomic E-state index is 12.8. The Morgan fingerprint density at radius 1 is 1.29 bits per heavy atom. The van der Waals surface area contributed by atoms with E-state index in [1.807, 2.05) is 18.4 Å². The standard InChI is InChI=1S/C14H15ClF3N3/c1-9(2)8-21-4-3-19-13(21)20-12-6-10(14(16,17)18)5-11(15)7-12/h3-7,9H,8H2,1-2H3,(H,19,20). The van der Waals surface area contributed by atoms with Crippen LogP contribution in [0.5, 0.6) is 0 Å². The lowest BCUT2D eigenvalue weighted by Gasteiger charge is -2.14. The van der Waals surface area contributed by atoms with Crippen molar-refractivity contribution < 1.29 is 13.2 Å². The molecule has 114 valence electrons. The summed E-state index contributed by atoms with van der Waals surface area (Å²) in [4.78, 5) is 4.11. The van der Waals surface area contributed by atoms with E-state index in [0.29, 0.717) is 11.9 Å². The zero-order chi connectivity index (χ0) is 15.6. The van der Waals surface area contributed by atoms with Crippen LogP contribution in [0.2, 0.25) is 5.02 Å². The molecule has 1 aromatic carbocycles. The van der Waals surface area contributed by atoms with Crippen LogP contribution in [-0.4, -0.2) is 9.55 Å². The second-order valence-corrected chi connectivity index (χ2v) is 5.58. The molecule has 1 heterocycles. The van der Waals surface area contributed by atoms with Crippen molar-refractivity contribution in [3.05, 3.63) is 41.2 Å². The Hall–Kier alpha value is -1.69. The first-order chi connectivity index (χ1) is 9.75. The number of rotatable bonds is 4. The van der Waals surface area contributed by atoms with Crippen molar-refractivity contribution in [1.82, 2.24) is 9.55 Å². The number of nitrogens with one attached hydrogen (secondary N) is 1. The fourth-order valence-corrected chi connectivity index (χ4v) is 2.16. The number of anilines is 2. The molecule has 0 spiro atoms. The molecule has 7 heteroatoms. The molecule has 0 saturated heterocycles. The van der Waals surface area contributed by atoms with E-state index >= 15 is 0 Å². The fourth-order valence-electron chi connectivity index (χ4n) is 1.93. The Morgan fingerprint density at radius 2 is 2.00 bits per heavy atom. The molecule has 0 aliphatic rings. The van der Waals surface area contributed by atoms with Gasteiger partial charge in [0, 0.05) is 29.6 Å². The summed E-state index contributed by atoms with van der Waals surface area (Å²) in [6.45, 7) is 4.81. The minimum absolute atomic E-state index is 0.0225. The zero-order valence-electron chi connectivity index (χ0n) is 11.6. The van der Waals surface area contributed by atoms with E-state index in [2.05, 4.69) is 10.3 Å². The lowest BCUT2D eigenvalue weighted by atomic mass is 10.2. The molecule has 3 nitrogen and oxygen atoms in total. The fraction of sp³-hybridized carbons (Fsp3) is 0.357. The van der Waals surface area contributed by atoms with Crippen LogP contribution in [-0.2, 0) is 12.7 Å². The molecule has 0 amide bonds. The number of aromatic nitrogens is 2. The normalized spacial score (nSPS) is 12.0. The van der Waals surface area contributed by atoms with Gasteiger partial charge < -0.3 is 9.88 Å². The van der Waals surface area contributed by atoms with Gasteiger partial charge in [-0.2, -0.15) is 13.2 Å². The minimum atomic E-state index is -4.44. The number of halogens is 4. The van der Waals surface area contributed by atoms with Crippen molar-refractivity contribution in [2.45, 2.75) is 26.6 Å². The molecule has 2 aromatic rings. The number of alkyl halides is 3. The first kappa shape index (κ1) is 15.7. The smallest absolute Gasteiger partial charge is 0.326 e. The maximum Gasteiger partial charge on any atom is 0.416 e. The Kier molecular flexibility index (Phi) is 4.46. The first-order valence-corrected chi connectivity index (χ1v) is 6.79. The van der Waals surface area contributed by atoms with Crippen molar-refractivity contribution in [3.8, 4) is 0 Å². The van der Waals surface area contributed by atoms with Crippen LogP contribution < -0.4 is 5.32 Å². The van der Waals surface area contributed by atoms with Crippen molar-refractivity contribution in [1.29, 1.82) is 0 Å². The minimum Gasteiger partial charge on any atom is -0.326 e. The predicted octanol–water partition coefficient (Wildman–Crippen LogP) is 4.95. The van der Waals surface area contributed by atoms with Gasteiger partial charge in [-0.3, -0.25) is 0 Å². The van der Waals surface area contributed by atoms with Crippen LogP contribution in [0.3, 0.4) is 0 Å². The van der Waals surface area contributed by atoms with E-state index in [1.165, 1.54) is 6.07 Å². The number of benzene rings is 1. The first-order valence-electron chi connectivity index (χ1n) is 6.41. The molecule has 0 atom stereocenters. The van der Waals surface area contributed by atoms with Gasteiger partial charge in [-0.15, -0.1) is 0 Å². The summed E-state index contributed by atoms with van der Waals surface area (Å²) in [6, 6.07) is 3.35. The Balaban J connectivity index is 2.28. The van der Waals surface area contributed by atoms with Gasteiger partial charge in [-0.25, -0.2) is 4.98 Å². The van der Waals surface area contributed by atoms with Crippen LogP contribution in [0.4, 0.5) is 24.8 Å². The van der Waals surface area contributed by atoms with Gasteiger partial charge >= 0.3 is 6.18 Å². The van der Waals surface area contributed by atoms with Crippen molar-refractivity contribution in [2.75, 3.05) is 5.32 Å². The van der Waals surface area contributed by atoms with E-state index in [0.717, 1.165) is 18.7 Å². The average molecular weight is 318 g/mol. The topological polar surface area (TPSA) is 29.9 Å². The molecule has 0 radical (unpaired) electrons. The molecule has 1 N–H and O–H groups in total. The SMILES string of the molecule is CC(C)Cn1ccnc1Nc1cc(Cl)cc(C(F)(F)F)c1. The van der Waals surface area contributed by atoms with Crippen LogP contribution in [0, 0.1) is 5.92 Å². The van der Waals surface area contributed by atoms with Gasteiger partial charge in [0.2, 0.25) is 5.95 Å². The Labute approximate surface area is 125 Å². The Morgan fingerprint density at radius 3 is 2.62 bits per heavy atom. The highest BCUT2D eigenvalue weighted by Crippen LogP contribution is 2.33. The van der Waals surface area contributed by atoms with Crippen LogP contribution >= 0.6 is 11.6 Å². The van der Waals surface area contributed by atoms with Gasteiger partial charge in [0.1, 0.15) is 0 Å². The molecule has 21 heavy (non-hydrogen) atoms. The van der Waals surface area contributed by atoms with Crippen molar-refractivity contribution in [3.63, 3.8) is 0 Å². The highest BCUT2D eigenvalue weighted by molar-refractivity contribution is 6.31. The zero-order valence-corrected chi connectivity index (χ0v) is 12.3. The third-order valence-corrected chi connectivity index (χ3v) is 2.98. The van der Waals surface area contributed by atoms with Crippen molar-refractivity contribution in [2.24, 2.45) is 5.92 Å². The molecule has 1 aromatic heterocycles. The molecule has 0 fully saturated rings. The third kappa shape index (κ3) is 4.14. The van der Waals surface area contributed by atoms with Gasteiger partial charge in [0.05, 0.1) is 5.56 Å². The summed E-state index contributed by atoms with van der Waals surface area (Å²) in [5.41, 5.74) is -0.537. The highest BCUT2D eigenvalue weighted by Gasteiger charge is 2.31. The van der Waals surface area contributed by atoms with Gasteiger partial charge in [0.25, 0.3) is 0 Å². The number of hydrogen-bond acceptors (Lipinski definition) is 2. The largest absolute Gasteiger partial charge is 0.416 e. The molecular weight excluding hydrogens is 303 g/mol. The lowest BCUT2D eigenvalue weighted by Crippen LogP contribution is -2.09. The molecule has 0 unspecified atom stereocenters. The summed E-state index contributed by atoms with van der Waals surface area (Å²) in [5, 5.41) is 2.90. The third-order valence-electron chi connectivity index (χ3n) is 2.76. The summed E-state index contributed by atoms with van der Waals surface area (Å²) in [6.07, 6.45) is -1.06.